The molecule has 0 aliphatic carbocycles. The molecule has 30 heavy (non-hydrogen) atoms. The van der Waals surface area contributed by atoms with E-state index in [-0.39, 0.29) is 30.4 Å². The fourth-order valence-electron chi connectivity index (χ4n) is 2.90. The molecule has 0 saturated carbocycles. The summed E-state index contributed by atoms with van der Waals surface area (Å²) in [6.45, 7) is 1.27. The average Bonchev–Trinajstić information content (AvgIpc) is 2.75. The summed E-state index contributed by atoms with van der Waals surface area (Å²) in [6.07, 6.45) is 2.21. The predicted molar refractivity (Wildman–Crippen MR) is 112 cm³/mol. The van der Waals surface area contributed by atoms with E-state index in [0.29, 0.717) is 49.0 Å². The number of rotatable bonds is 10. The Morgan fingerprint density at radius 1 is 1.03 bits per heavy atom. The Morgan fingerprint density at radius 3 is 2.60 bits per heavy atom. The van der Waals surface area contributed by atoms with Crippen molar-refractivity contribution in [1.29, 1.82) is 0 Å². The van der Waals surface area contributed by atoms with Gasteiger partial charge in [-0.2, -0.15) is 0 Å². The fraction of sp³-hybridized carbons (Fsp3) is 0.381. The molecule has 0 aromatic heterocycles. The van der Waals surface area contributed by atoms with Gasteiger partial charge >= 0.3 is 5.97 Å². The average molecular weight is 454 g/mol. The van der Waals surface area contributed by atoms with Crippen molar-refractivity contribution in [2.45, 2.75) is 37.2 Å². The Kier molecular flexibility index (Phi) is 7.95. The normalized spacial score (nSPS) is 13.1. The molecule has 7 nitrogen and oxygen atoms in total. The largest absolute Gasteiger partial charge is 0.486 e. The van der Waals surface area contributed by atoms with Crippen LogP contribution in [-0.2, 0) is 26.2 Å². The van der Waals surface area contributed by atoms with Crippen molar-refractivity contribution in [3.8, 4) is 11.5 Å². The maximum atomic E-state index is 12.4. The van der Waals surface area contributed by atoms with E-state index in [1.165, 1.54) is 12.1 Å². The summed E-state index contributed by atoms with van der Waals surface area (Å²) in [7, 11) is -3.63. The summed E-state index contributed by atoms with van der Waals surface area (Å²) < 4.78 is 43.4. The molecule has 1 aliphatic heterocycles. The lowest BCUT2D eigenvalue weighted by Crippen LogP contribution is -2.25. The molecule has 0 fully saturated rings. The number of fused-ring (bicyclic) bond motifs is 1. The van der Waals surface area contributed by atoms with Crippen LogP contribution in [0.2, 0.25) is 5.02 Å². The molecular formula is C21H24ClNO6S. The molecular weight excluding hydrogens is 430 g/mol. The molecule has 1 N–H and O–H groups in total. The molecule has 0 saturated heterocycles. The maximum Gasteiger partial charge on any atom is 0.306 e. The number of sulfonamides is 1. The van der Waals surface area contributed by atoms with Crippen LogP contribution in [0.3, 0.4) is 0 Å². The van der Waals surface area contributed by atoms with Crippen LogP contribution in [0.5, 0.6) is 11.5 Å². The molecule has 9 heteroatoms. The molecule has 1 aliphatic rings. The standard InChI is InChI=1S/C21H24ClNO6S/c22-18-7-4-3-6-16(18)15-29-21(24)8-2-1-5-11-23-30(25,26)17-9-10-19-20(14-17)28-13-12-27-19/h3-4,6-7,9-10,14,23H,1-2,5,8,11-13,15H2. The van der Waals surface area contributed by atoms with Crippen molar-refractivity contribution in [2.24, 2.45) is 0 Å². The third kappa shape index (κ3) is 6.35. The zero-order valence-corrected chi connectivity index (χ0v) is 18.0. The van der Waals surface area contributed by atoms with Gasteiger partial charge in [-0.1, -0.05) is 36.2 Å². The molecule has 3 rings (SSSR count). The van der Waals surface area contributed by atoms with Gasteiger partial charge in [0, 0.05) is 29.6 Å². The molecule has 2 aromatic rings. The third-order valence-corrected chi connectivity index (χ3v) is 6.35. The van der Waals surface area contributed by atoms with Crippen molar-refractivity contribution < 1.29 is 27.4 Å². The second-order valence-corrected chi connectivity index (χ2v) is 8.94. The highest BCUT2D eigenvalue weighted by atomic mass is 35.5. The van der Waals surface area contributed by atoms with Gasteiger partial charge in [0.1, 0.15) is 19.8 Å². The van der Waals surface area contributed by atoms with Gasteiger partial charge in [-0.25, -0.2) is 13.1 Å². The summed E-state index contributed by atoms with van der Waals surface area (Å²) in [5.74, 6) is 0.674. The highest BCUT2D eigenvalue weighted by molar-refractivity contribution is 7.89. The van der Waals surface area contributed by atoms with Gasteiger partial charge in [0.25, 0.3) is 0 Å². The first kappa shape index (κ1) is 22.4. The molecule has 0 bridgehead atoms. The number of benzene rings is 2. The van der Waals surface area contributed by atoms with Gasteiger partial charge in [0.05, 0.1) is 4.90 Å². The summed E-state index contributed by atoms with van der Waals surface area (Å²) in [4.78, 5) is 12.0. The van der Waals surface area contributed by atoms with Gasteiger partial charge in [-0.15, -0.1) is 0 Å². The van der Waals surface area contributed by atoms with Crippen molar-refractivity contribution in [1.82, 2.24) is 4.72 Å². The van der Waals surface area contributed by atoms with E-state index in [9.17, 15) is 13.2 Å². The van der Waals surface area contributed by atoms with E-state index < -0.39 is 10.0 Å². The first-order valence-electron chi connectivity index (χ1n) is 9.74. The van der Waals surface area contributed by atoms with E-state index in [2.05, 4.69) is 4.72 Å². The number of carbonyl (C=O) groups excluding carboxylic acids is 1. The molecule has 162 valence electrons. The molecule has 0 spiro atoms. The lowest BCUT2D eigenvalue weighted by molar-refractivity contribution is -0.145. The smallest absolute Gasteiger partial charge is 0.306 e. The Morgan fingerprint density at radius 2 is 1.80 bits per heavy atom. The Bertz CT molecular complexity index is 979. The second kappa shape index (κ2) is 10.7. The first-order chi connectivity index (χ1) is 14.5. The number of hydrogen-bond donors (Lipinski definition) is 1. The van der Waals surface area contributed by atoms with Gasteiger partial charge in [0.15, 0.2) is 11.5 Å². The van der Waals surface area contributed by atoms with Crippen LogP contribution in [-0.4, -0.2) is 34.1 Å². The van der Waals surface area contributed by atoms with E-state index >= 15 is 0 Å². The SMILES string of the molecule is O=C(CCCCCNS(=O)(=O)c1ccc2c(c1)OCCO2)OCc1ccccc1Cl. The van der Waals surface area contributed by atoms with Crippen LogP contribution in [0.25, 0.3) is 0 Å². The summed E-state index contributed by atoms with van der Waals surface area (Å²) in [5.41, 5.74) is 0.765. The van der Waals surface area contributed by atoms with Crippen LogP contribution in [0.4, 0.5) is 0 Å². The quantitative estimate of drug-likeness (QED) is 0.435. The third-order valence-electron chi connectivity index (χ3n) is 4.52. The lowest BCUT2D eigenvalue weighted by Gasteiger charge is -2.18. The van der Waals surface area contributed by atoms with Crippen LogP contribution in [0.15, 0.2) is 47.4 Å². The van der Waals surface area contributed by atoms with Gasteiger partial charge in [-0.3, -0.25) is 4.79 Å². The van der Waals surface area contributed by atoms with Crippen molar-refractivity contribution >= 4 is 27.6 Å². The second-order valence-electron chi connectivity index (χ2n) is 6.77. The molecule has 0 amide bonds. The van der Waals surface area contributed by atoms with Crippen molar-refractivity contribution in [3.05, 3.63) is 53.1 Å². The minimum Gasteiger partial charge on any atom is -0.486 e. The number of unbranched alkanes of at least 4 members (excludes halogenated alkanes) is 2. The number of halogens is 1. The van der Waals surface area contributed by atoms with Crippen LogP contribution in [0.1, 0.15) is 31.2 Å². The Balaban J connectivity index is 1.34. The molecule has 0 unspecified atom stereocenters. The highest BCUT2D eigenvalue weighted by Gasteiger charge is 2.18. The number of ether oxygens (including phenoxy) is 3. The number of esters is 1. The van der Waals surface area contributed by atoms with Crippen LogP contribution >= 0.6 is 11.6 Å². The molecule has 1 heterocycles. The summed E-state index contributed by atoms with van der Waals surface area (Å²) >= 11 is 6.02. The zero-order valence-electron chi connectivity index (χ0n) is 16.4. The Labute approximate surface area is 181 Å². The Hall–Kier alpha value is -2.29. The van der Waals surface area contributed by atoms with E-state index in [1.807, 2.05) is 18.2 Å². The first-order valence-corrected chi connectivity index (χ1v) is 11.6. The lowest BCUT2D eigenvalue weighted by atomic mass is 10.2. The topological polar surface area (TPSA) is 90.9 Å². The molecule has 0 radical (unpaired) electrons. The van der Waals surface area contributed by atoms with Crippen LogP contribution in [0, 0.1) is 0 Å². The molecule has 2 aromatic carbocycles. The van der Waals surface area contributed by atoms with Crippen molar-refractivity contribution in [3.63, 3.8) is 0 Å². The van der Waals surface area contributed by atoms with E-state index in [1.54, 1.807) is 12.1 Å². The van der Waals surface area contributed by atoms with Gasteiger partial charge in [-0.05, 0) is 31.0 Å². The van der Waals surface area contributed by atoms with E-state index in [4.69, 9.17) is 25.8 Å². The number of carbonyl (C=O) groups is 1. The number of nitrogens with one attached hydrogen (secondary N) is 1. The monoisotopic (exact) mass is 453 g/mol. The van der Waals surface area contributed by atoms with Gasteiger partial charge in [0.2, 0.25) is 10.0 Å². The fourth-order valence-corrected chi connectivity index (χ4v) is 4.18. The summed E-state index contributed by atoms with van der Waals surface area (Å²) in [5, 5.41) is 0.565. The van der Waals surface area contributed by atoms with E-state index in [0.717, 1.165) is 5.56 Å². The number of hydrogen-bond acceptors (Lipinski definition) is 6. The minimum atomic E-state index is -3.63. The van der Waals surface area contributed by atoms with Gasteiger partial charge < -0.3 is 14.2 Å². The molecule has 0 atom stereocenters. The predicted octanol–water partition coefficient (Wildman–Crippen LogP) is 3.69. The minimum absolute atomic E-state index is 0.134. The van der Waals surface area contributed by atoms with Crippen LogP contribution < -0.4 is 14.2 Å². The van der Waals surface area contributed by atoms with Crippen molar-refractivity contribution in [2.75, 3.05) is 19.8 Å². The summed E-state index contributed by atoms with van der Waals surface area (Å²) in [6, 6.07) is 11.8. The maximum absolute atomic E-state index is 12.4. The highest BCUT2D eigenvalue weighted by Crippen LogP contribution is 2.32. The zero-order chi connectivity index (χ0) is 21.4.